The average molecular weight is 623 g/mol. The molecule has 4 rings (SSSR count). The predicted molar refractivity (Wildman–Crippen MR) is 180 cm³/mol. The first kappa shape index (κ1) is 32.6. The van der Waals surface area contributed by atoms with Gasteiger partial charge < -0.3 is 26.0 Å². The molecule has 4 aromatic rings. The minimum absolute atomic E-state index is 0.0613. The van der Waals surface area contributed by atoms with Crippen LogP contribution >= 0.6 is 11.8 Å². The van der Waals surface area contributed by atoms with E-state index in [1.807, 2.05) is 49.3 Å². The van der Waals surface area contributed by atoms with Gasteiger partial charge in [0.05, 0.1) is 10.8 Å². The maximum Gasteiger partial charge on any atom is 0.335 e. The van der Waals surface area contributed by atoms with Gasteiger partial charge in [-0.2, -0.15) is 0 Å². The van der Waals surface area contributed by atoms with Crippen molar-refractivity contribution in [2.45, 2.75) is 24.0 Å². The smallest absolute Gasteiger partial charge is 0.335 e. The Morgan fingerprint density at radius 3 is 2.20 bits per heavy atom. The number of nitrogens with zero attached hydrogens (tertiary/aromatic N) is 1. The first-order valence-electron chi connectivity index (χ1n) is 14.1. The largest absolute Gasteiger partial charge is 0.478 e. The lowest BCUT2D eigenvalue weighted by atomic mass is 10.1. The molecule has 3 amide bonds. The van der Waals surface area contributed by atoms with Crippen LogP contribution in [0, 0.1) is 6.92 Å². The van der Waals surface area contributed by atoms with Gasteiger partial charge in [-0.25, -0.2) is 4.79 Å². The lowest BCUT2D eigenvalue weighted by molar-refractivity contribution is -0.115. The zero-order valence-electron chi connectivity index (χ0n) is 25.3. The first-order valence-corrected chi connectivity index (χ1v) is 15.0. The number of thioether (sulfide) groups is 1. The Bertz CT molecular complexity index is 1740. The van der Waals surface area contributed by atoms with Crippen molar-refractivity contribution >= 4 is 58.6 Å². The van der Waals surface area contributed by atoms with Crippen molar-refractivity contribution in [1.29, 1.82) is 0 Å². The third kappa shape index (κ3) is 9.07. The Balaban J connectivity index is 1.49. The summed E-state index contributed by atoms with van der Waals surface area (Å²) in [6, 6.07) is 27.8. The van der Waals surface area contributed by atoms with E-state index in [2.05, 4.69) is 16.0 Å². The highest BCUT2D eigenvalue weighted by molar-refractivity contribution is 8.00. The van der Waals surface area contributed by atoms with Crippen molar-refractivity contribution in [3.63, 3.8) is 0 Å². The van der Waals surface area contributed by atoms with E-state index in [1.54, 1.807) is 74.5 Å². The molecule has 230 valence electrons. The van der Waals surface area contributed by atoms with Crippen LogP contribution in [0.4, 0.5) is 17.1 Å². The van der Waals surface area contributed by atoms with Gasteiger partial charge in [-0.05, 0) is 85.6 Å². The number of nitrogens with one attached hydrogen (secondary N) is 3. The van der Waals surface area contributed by atoms with Crippen LogP contribution in [0.15, 0.2) is 108 Å². The third-order valence-electron chi connectivity index (χ3n) is 6.77. The Hall–Kier alpha value is -5.35. The quantitative estimate of drug-likeness (QED) is 0.114. The Morgan fingerprint density at radius 1 is 0.822 bits per heavy atom. The van der Waals surface area contributed by atoms with Crippen molar-refractivity contribution in [3.05, 3.63) is 125 Å². The lowest BCUT2D eigenvalue weighted by Crippen LogP contribution is -2.30. The van der Waals surface area contributed by atoms with Gasteiger partial charge in [-0.15, -0.1) is 11.8 Å². The molecule has 0 bridgehead atoms. The number of aromatic carboxylic acids is 1. The second-order valence-electron chi connectivity index (χ2n) is 10.4. The molecule has 1 atom stereocenters. The number of anilines is 3. The molecule has 0 saturated carbocycles. The monoisotopic (exact) mass is 622 g/mol. The number of aryl methyl sites for hydroxylation is 1. The molecule has 0 spiro atoms. The average Bonchev–Trinajstić information content (AvgIpc) is 3.02. The van der Waals surface area contributed by atoms with Crippen LogP contribution in [-0.2, 0) is 9.59 Å². The fraction of sp³-hybridized carbons (Fsp3) is 0.143. The van der Waals surface area contributed by atoms with Crippen molar-refractivity contribution in [2.24, 2.45) is 0 Å². The number of benzene rings is 4. The number of carboxylic acid groups (broad SMARTS) is 1. The van der Waals surface area contributed by atoms with E-state index >= 15 is 0 Å². The van der Waals surface area contributed by atoms with Crippen molar-refractivity contribution < 1.29 is 24.3 Å². The van der Waals surface area contributed by atoms with E-state index in [9.17, 15) is 24.3 Å². The molecular weight excluding hydrogens is 588 g/mol. The van der Waals surface area contributed by atoms with Crippen LogP contribution in [0.5, 0.6) is 0 Å². The van der Waals surface area contributed by atoms with E-state index in [-0.39, 0.29) is 17.2 Å². The van der Waals surface area contributed by atoms with Crippen LogP contribution in [0.1, 0.15) is 38.8 Å². The lowest BCUT2D eigenvalue weighted by Gasteiger charge is -2.15. The number of hydrogen-bond acceptors (Lipinski definition) is 6. The maximum atomic E-state index is 13.5. The number of carboxylic acids is 1. The number of rotatable bonds is 11. The fourth-order valence-corrected chi connectivity index (χ4v) is 5.13. The van der Waals surface area contributed by atoms with E-state index in [0.717, 1.165) is 21.7 Å². The molecule has 0 aromatic heterocycles. The molecule has 9 nitrogen and oxygen atoms in total. The molecule has 0 fully saturated rings. The molecule has 4 aromatic carbocycles. The minimum Gasteiger partial charge on any atom is -0.478 e. The van der Waals surface area contributed by atoms with E-state index in [4.69, 9.17) is 0 Å². The summed E-state index contributed by atoms with van der Waals surface area (Å²) in [6.45, 7) is 3.53. The molecule has 0 heterocycles. The highest BCUT2D eigenvalue weighted by atomic mass is 32.2. The second kappa shape index (κ2) is 14.9. The minimum atomic E-state index is -1.08. The normalized spacial score (nSPS) is 11.7. The Kier molecular flexibility index (Phi) is 10.8. The van der Waals surface area contributed by atoms with Gasteiger partial charge >= 0.3 is 5.97 Å². The summed E-state index contributed by atoms with van der Waals surface area (Å²) in [4.78, 5) is 53.5. The fourth-order valence-electron chi connectivity index (χ4n) is 4.21. The highest BCUT2D eigenvalue weighted by Gasteiger charge is 2.18. The zero-order chi connectivity index (χ0) is 32.5. The second-order valence-corrected chi connectivity index (χ2v) is 11.8. The van der Waals surface area contributed by atoms with E-state index < -0.39 is 23.0 Å². The van der Waals surface area contributed by atoms with Crippen molar-refractivity contribution in [3.8, 4) is 0 Å². The summed E-state index contributed by atoms with van der Waals surface area (Å²) >= 11 is 1.28. The number of carbonyl (C=O) groups excluding carboxylic acids is 3. The third-order valence-corrected chi connectivity index (χ3v) is 7.86. The summed E-state index contributed by atoms with van der Waals surface area (Å²) < 4.78 is 0. The van der Waals surface area contributed by atoms with Gasteiger partial charge in [-0.1, -0.05) is 42.5 Å². The van der Waals surface area contributed by atoms with Gasteiger partial charge in [0.1, 0.15) is 5.70 Å². The first-order chi connectivity index (χ1) is 21.5. The maximum absolute atomic E-state index is 13.5. The number of carbonyl (C=O) groups is 4. The molecular formula is C35H34N4O5S. The van der Waals surface area contributed by atoms with Gasteiger partial charge in [0, 0.05) is 41.6 Å². The van der Waals surface area contributed by atoms with Crippen LogP contribution in [-0.4, -0.2) is 48.1 Å². The SMILES string of the molecule is Cc1ccc(C(=O)O)cc1NC(=O)C(C)Sc1cccc(NC(=O)/C(=C\c2ccc(N(C)C)cc2)NC(=O)c2ccccc2)c1. The van der Waals surface area contributed by atoms with Gasteiger partial charge in [0.15, 0.2) is 0 Å². The highest BCUT2D eigenvalue weighted by Crippen LogP contribution is 2.28. The molecule has 45 heavy (non-hydrogen) atoms. The van der Waals surface area contributed by atoms with Gasteiger partial charge in [-0.3, -0.25) is 14.4 Å². The topological polar surface area (TPSA) is 128 Å². The van der Waals surface area contributed by atoms with Crippen molar-refractivity contribution in [2.75, 3.05) is 29.6 Å². The summed E-state index contributed by atoms with van der Waals surface area (Å²) in [5, 5.41) is 17.2. The van der Waals surface area contributed by atoms with Crippen molar-refractivity contribution in [1.82, 2.24) is 5.32 Å². The van der Waals surface area contributed by atoms with Gasteiger partial charge in [0.2, 0.25) is 5.91 Å². The zero-order valence-corrected chi connectivity index (χ0v) is 26.1. The molecule has 0 aliphatic rings. The predicted octanol–water partition coefficient (Wildman–Crippen LogP) is 6.29. The van der Waals surface area contributed by atoms with Crippen LogP contribution < -0.4 is 20.9 Å². The molecule has 10 heteroatoms. The Labute approximate surface area is 266 Å². The Morgan fingerprint density at radius 2 is 1.53 bits per heavy atom. The van der Waals surface area contributed by atoms with Gasteiger partial charge in [0.25, 0.3) is 11.8 Å². The van der Waals surface area contributed by atoms with E-state index in [1.165, 1.54) is 23.9 Å². The summed E-state index contributed by atoms with van der Waals surface area (Å²) in [7, 11) is 3.87. The summed E-state index contributed by atoms with van der Waals surface area (Å²) in [5.74, 6) is -2.31. The van der Waals surface area contributed by atoms with E-state index in [0.29, 0.717) is 16.9 Å². The van der Waals surface area contributed by atoms with Crippen LogP contribution in [0.25, 0.3) is 6.08 Å². The number of hydrogen-bond donors (Lipinski definition) is 4. The standard InChI is InChI=1S/C35H34N4O5S/c1-22-13-16-26(35(43)44)20-30(22)37-32(40)23(2)45-29-12-8-11-27(21-29)36-34(42)31(38-33(41)25-9-6-5-7-10-25)19-24-14-17-28(18-15-24)39(3)4/h5-21,23H,1-4H3,(H,36,42)(H,37,40)(H,38,41)(H,43,44)/b31-19+. The van der Waals surface area contributed by atoms with Crippen LogP contribution in [0.2, 0.25) is 0 Å². The molecule has 4 N–H and O–H groups in total. The summed E-state index contributed by atoms with van der Waals surface area (Å²) in [5.41, 5.74) is 3.93. The number of amides is 3. The summed E-state index contributed by atoms with van der Waals surface area (Å²) in [6.07, 6.45) is 1.61. The molecule has 0 radical (unpaired) electrons. The molecule has 0 aliphatic heterocycles. The van der Waals surface area contributed by atoms with Crippen LogP contribution in [0.3, 0.4) is 0 Å². The molecule has 0 aliphatic carbocycles. The molecule has 0 saturated heterocycles. The molecule has 1 unspecified atom stereocenters.